The molecular weight excluding hydrogens is 514 g/mol. The number of imidazole rings is 1. The van der Waals surface area contributed by atoms with Crippen LogP contribution in [0.2, 0.25) is 0 Å². The number of esters is 1. The van der Waals surface area contributed by atoms with Gasteiger partial charge in [0.05, 0.1) is 20.0 Å². The average molecular weight is 540 g/mol. The molecule has 2 aromatic heterocycles. The Labute approximate surface area is 210 Å². The number of ether oxygens (including phenoxy) is 2. The van der Waals surface area contributed by atoms with E-state index < -0.39 is 56.8 Å². The van der Waals surface area contributed by atoms with Crippen LogP contribution < -0.4 is 10.6 Å². The van der Waals surface area contributed by atoms with Gasteiger partial charge in [0.15, 0.2) is 23.1 Å². The molecule has 2 unspecified atom stereocenters. The van der Waals surface area contributed by atoms with Gasteiger partial charge in [0, 0.05) is 0 Å². The first-order valence-electron chi connectivity index (χ1n) is 11.0. The highest BCUT2D eigenvalue weighted by molar-refractivity contribution is 7.36. The highest BCUT2D eigenvalue weighted by Gasteiger charge is 2.55. The largest absolute Gasteiger partial charge is 0.492 e. The van der Waals surface area contributed by atoms with E-state index in [-0.39, 0.29) is 22.9 Å². The molecule has 0 amide bonds. The summed E-state index contributed by atoms with van der Waals surface area (Å²) in [7, 11) is -2.12. The Balaban J connectivity index is 1.51. The first-order valence-corrected chi connectivity index (χ1v) is 12.3. The molecule has 1 aromatic carbocycles. The molecule has 1 aliphatic heterocycles. The second-order valence-corrected chi connectivity index (χ2v) is 9.62. The number of nitrogen functional groups attached to an aromatic ring is 1. The van der Waals surface area contributed by atoms with E-state index in [9.17, 15) is 19.6 Å². The van der Waals surface area contributed by atoms with Crippen LogP contribution in [0.25, 0.3) is 11.2 Å². The van der Waals surface area contributed by atoms with Crippen molar-refractivity contribution in [2.45, 2.75) is 44.0 Å². The maximum atomic E-state index is 15.7. The summed E-state index contributed by atoms with van der Waals surface area (Å²) in [6.07, 6.45) is -3.30. The van der Waals surface area contributed by atoms with Gasteiger partial charge in [-0.2, -0.15) is 9.97 Å². The summed E-state index contributed by atoms with van der Waals surface area (Å²) in [5.74, 6) is -1.23. The summed E-state index contributed by atoms with van der Waals surface area (Å²) in [6, 6.07) is 7.14. The molecular formula is C21H26FN6O8P. The summed E-state index contributed by atoms with van der Waals surface area (Å²) < 4.78 is 45.7. The van der Waals surface area contributed by atoms with Gasteiger partial charge in [-0.3, -0.25) is 13.9 Å². The number of aromatic hydroxyl groups is 1. The number of para-hydroxylation sites is 1. The molecule has 0 radical (unpaired) electrons. The van der Waals surface area contributed by atoms with Gasteiger partial charge >= 0.3 is 5.97 Å². The molecule has 0 aliphatic carbocycles. The molecule has 200 valence electrons. The smallest absolute Gasteiger partial charge is 0.326 e. The van der Waals surface area contributed by atoms with Crippen molar-refractivity contribution >= 4 is 31.3 Å². The van der Waals surface area contributed by atoms with Crippen LogP contribution in [-0.4, -0.2) is 78.2 Å². The fourth-order valence-corrected chi connectivity index (χ4v) is 4.83. The van der Waals surface area contributed by atoms with Crippen LogP contribution in [0.15, 0.2) is 36.7 Å². The Morgan fingerprint density at radius 3 is 2.76 bits per heavy atom. The lowest BCUT2D eigenvalue weighted by molar-refractivity contribution is -0.152. The Kier molecular flexibility index (Phi) is 7.62. The van der Waals surface area contributed by atoms with Crippen molar-refractivity contribution in [1.82, 2.24) is 24.4 Å². The van der Waals surface area contributed by atoms with Crippen LogP contribution in [0.5, 0.6) is 11.6 Å². The number of carbonyl (C=O) groups excluding carboxylic acids is 1. The standard InChI is InChI=1S/C21H26FN6O8P/c1-11(18(31)33-3)28(36-12-7-5-4-6-8-12)37(32)34-9-13-15(29)21(2,22)19(35-13)27-10-24-14-16(27)25-20(23)26-17(14)30/h4-8,10-11,13,15,19,29,37H,9H2,1-3H3,(H3,23,25,26,30)/t11?,13-,15-,19-,21-/m1/s1. The Hall–Kier alpha value is -3.36. The number of nitrogens with two attached hydrogens (primary N) is 1. The van der Waals surface area contributed by atoms with Crippen molar-refractivity contribution < 1.29 is 42.8 Å². The van der Waals surface area contributed by atoms with Gasteiger partial charge in [0.1, 0.15) is 24.0 Å². The molecule has 1 fully saturated rings. The number of alkyl halides is 1. The molecule has 0 bridgehead atoms. The predicted molar refractivity (Wildman–Crippen MR) is 126 cm³/mol. The van der Waals surface area contributed by atoms with Crippen LogP contribution >= 0.6 is 8.18 Å². The number of carbonyl (C=O) groups is 1. The van der Waals surface area contributed by atoms with Crippen molar-refractivity contribution in [2.75, 3.05) is 19.5 Å². The maximum Gasteiger partial charge on any atom is 0.326 e. The molecule has 1 aliphatic rings. The molecule has 4 rings (SSSR count). The van der Waals surface area contributed by atoms with E-state index in [4.69, 9.17) is 24.6 Å². The van der Waals surface area contributed by atoms with E-state index in [2.05, 4.69) is 15.0 Å². The number of hydrogen-bond acceptors (Lipinski definition) is 12. The minimum absolute atomic E-state index is 0.0180. The Bertz CT molecular complexity index is 1290. The number of rotatable bonds is 9. The van der Waals surface area contributed by atoms with E-state index in [1.54, 1.807) is 30.3 Å². The lowest BCUT2D eigenvalue weighted by Gasteiger charge is -2.26. The van der Waals surface area contributed by atoms with Gasteiger partial charge < -0.3 is 34.8 Å². The minimum atomic E-state index is -3.28. The first-order chi connectivity index (χ1) is 17.5. The van der Waals surface area contributed by atoms with Gasteiger partial charge in [-0.05, 0) is 26.0 Å². The molecule has 4 N–H and O–H groups in total. The summed E-state index contributed by atoms with van der Waals surface area (Å²) in [4.78, 5) is 30.1. The van der Waals surface area contributed by atoms with Crippen molar-refractivity contribution in [2.24, 2.45) is 0 Å². The zero-order chi connectivity index (χ0) is 26.9. The SMILES string of the molecule is COC(=O)C(C)N(Oc1ccccc1)[PH](=O)OC[C@H]1O[C@@H](n2cnc3c(O)nc(N)nc32)[C@](C)(F)[C@@H]1O. The zero-order valence-electron chi connectivity index (χ0n) is 20.0. The fourth-order valence-electron chi connectivity index (χ4n) is 3.79. The van der Waals surface area contributed by atoms with Gasteiger partial charge in [0.2, 0.25) is 11.8 Å². The first kappa shape index (κ1) is 26.7. The van der Waals surface area contributed by atoms with E-state index in [0.29, 0.717) is 0 Å². The van der Waals surface area contributed by atoms with Crippen LogP contribution in [0.4, 0.5) is 10.3 Å². The van der Waals surface area contributed by atoms with E-state index >= 15 is 4.39 Å². The van der Waals surface area contributed by atoms with Crippen LogP contribution in [0.1, 0.15) is 20.1 Å². The van der Waals surface area contributed by atoms with E-state index in [1.165, 1.54) is 14.0 Å². The second-order valence-electron chi connectivity index (χ2n) is 8.36. The zero-order valence-corrected chi connectivity index (χ0v) is 21.0. The Morgan fingerprint density at radius 1 is 1.38 bits per heavy atom. The molecule has 3 aromatic rings. The molecule has 16 heteroatoms. The summed E-state index contributed by atoms with van der Waals surface area (Å²) in [5, 5.41) is 20.6. The molecule has 14 nitrogen and oxygen atoms in total. The number of halogens is 1. The molecule has 1 saturated heterocycles. The van der Waals surface area contributed by atoms with Crippen molar-refractivity contribution in [1.29, 1.82) is 0 Å². The molecule has 37 heavy (non-hydrogen) atoms. The monoisotopic (exact) mass is 540 g/mol. The number of fused-ring (bicyclic) bond motifs is 1. The average Bonchev–Trinajstić information content (AvgIpc) is 3.38. The van der Waals surface area contributed by atoms with Crippen molar-refractivity contribution in [3.63, 3.8) is 0 Å². The number of benzene rings is 1. The van der Waals surface area contributed by atoms with Crippen LogP contribution in [0, 0.1) is 0 Å². The number of hydroxylamine groups is 1. The van der Waals surface area contributed by atoms with E-state index in [0.717, 1.165) is 22.7 Å². The van der Waals surface area contributed by atoms with Gasteiger partial charge in [-0.25, -0.2) is 9.37 Å². The number of anilines is 1. The molecule has 0 spiro atoms. The van der Waals surface area contributed by atoms with Gasteiger partial charge in [0.25, 0.3) is 8.18 Å². The quantitative estimate of drug-likeness (QED) is 0.201. The summed E-state index contributed by atoms with van der Waals surface area (Å²) in [6.45, 7) is 1.99. The molecule has 0 saturated carbocycles. The van der Waals surface area contributed by atoms with Crippen LogP contribution in [-0.2, 0) is 23.4 Å². The van der Waals surface area contributed by atoms with Gasteiger partial charge in [-0.1, -0.05) is 23.0 Å². The third-order valence-corrected chi connectivity index (χ3v) is 7.03. The summed E-state index contributed by atoms with van der Waals surface area (Å²) in [5.41, 5.74) is 3.14. The Morgan fingerprint density at radius 2 is 2.08 bits per heavy atom. The third kappa shape index (κ3) is 5.22. The number of hydrogen-bond donors (Lipinski definition) is 3. The lowest BCUT2D eigenvalue weighted by Crippen LogP contribution is -2.41. The highest BCUT2D eigenvalue weighted by atomic mass is 31.1. The number of methoxy groups -OCH3 is 1. The number of aromatic nitrogens is 4. The van der Waals surface area contributed by atoms with Gasteiger partial charge in [-0.15, -0.1) is 0 Å². The maximum absolute atomic E-state index is 15.7. The fraction of sp³-hybridized carbons (Fsp3) is 0.429. The van der Waals surface area contributed by atoms with Crippen molar-refractivity contribution in [3.8, 4) is 11.6 Å². The normalized spacial score (nSPS) is 25.3. The lowest BCUT2D eigenvalue weighted by atomic mass is 9.98. The number of aliphatic hydroxyl groups excluding tert-OH is 1. The molecule has 3 heterocycles. The highest BCUT2D eigenvalue weighted by Crippen LogP contribution is 2.44. The predicted octanol–water partition coefficient (Wildman–Crippen LogP) is 1.36. The summed E-state index contributed by atoms with van der Waals surface area (Å²) >= 11 is 0. The van der Waals surface area contributed by atoms with Crippen molar-refractivity contribution in [3.05, 3.63) is 36.7 Å². The molecule has 6 atom stereocenters. The third-order valence-electron chi connectivity index (χ3n) is 5.78. The van der Waals surface area contributed by atoms with E-state index in [1.807, 2.05) is 0 Å². The topological polar surface area (TPSA) is 184 Å². The second kappa shape index (κ2) is 10.6. The minimum Gasteiger partial charge on any atom is -0.492 e. The number of nitrogens with zero attached hydrogens (tertiary/aromatic N) is 5. The number of aliphatic hydroxyl groups is 1. The van der Waals surface area contributed by atoms with Crippen LogP contribution in [0.3, 0.4) is 0 Å².